The number of rotatable bonds is 6. The first-order valence-corrected chi connectivity index (χ1v) is 10.7. The van der Waals surface area contributed by atoms with Crippen molar-refractivity contribution in [3.63, 3.8) is 0 Å². The number of hydrogen-bond acceptors (Lipinski definition) is 6. The maximum Gasteiger partial charge on any atom is 0.349 e. The van der Waals surface area contributed by atoms with Gasteiger partial charge < -0.3 is 19.5 Å². The summed E-state index contributed by atoms with van der Waals surface area (Å²) in [5, 5.41) is 2.74. The first-order valence-electron chi connectivity index (χ1n) is 9.87. The molecule has 6 nitrogen and oxygen atoms in total. The number of hydrogen-bond donors (Lipinski definition) is 1. The molecule has 7 heteroatoms. The fraction of sp³-hybridized carbons (Fsp3) is 0.455. The third-order valence-electron chi connectivity index (χ3n) is 5.02. The predicted octanol–water partition coefficient (Wildman–Crippen LogP) is 4.61. The van der Waals surface area contributed by atoms with Gasteiger partial charge in [0, 0.05) is 10.9 Å². The van der Waals surface area contributed by atoms with Gasteiger partial charge in [-0.05, 0) is 56.4 Å². The van der Waals surface area contributed by atoms with E-state index in [1.165, 1.54) is 41.7 Å². The Hall–Kier alpha value is -2.54. The lowest BCUT2D eigenvalue weighted by atomic mass is 10.00. The lowest BCUT2D eigenvalue weighted by Crippen LogP contribution is -2.30. The van der Waals surface area contributed by atoms with E-state index in [-0.39, 0.29) is 0 Å². The third kappa shape index (κ3) is 5.29. The van der Waals surface area contributed by atoms with E-state index in [1.807, 2.05) is 6.07 Å². The van der Waals surface area contributed by atoms with E-state index in [0.29, 0.717) is 22.1 Å². The van der Waals surface area contributed by atoms with Crippen LogP contribution in [-0.4, -0.2) is 32.2 Å². The van der Waals surface area contributed by atoms with Gasteiger partial charge in [0.15, 0.2) is 6.10 Å². The number of ether oxygens (including phenoxy) is 3. The Bertz CT molecular complexity index is 851. The molecule has 1 aliphatic carbocycles. The van der Waals surface area contributed by atoms with Gasteiger partial charge in [-0.2, -0.15) is 0 Å². The summed E-state index contributed by atoms with van der Waals surface area (Å²) in [6, 6.07) is 7.03. The van der Waals surface area contributed by atoms with Gasteiger partial charge in [-0.25, -0.2) is 4.79 Å². The Kier molecular flexibility index (Phi) is 7.14. The van der Waals surface area contributed by atoms with Crippen molar-refractivity contribution in [3.8, 4) is 11.5 Å². The zero-order valence-electron chi connectivity index (χ0n) is 17.1. The summed E-state index contributed by atoms with van der Waals surface area (Å²) in [6.45, 7) is 1.56. The van der Waals surface area contributed by atoms with Crippen molar-refractivity contribution in [2.45, 2.75) is 51.6 Å². The Balaban J connectivity index is 1.65. The highest BCUT2D eigenvalue weighted by atomic mass is 32.1. The van der Waals surface area contributed by atoms with E-state index in [2.05, 4.69) is 5.32 Å². The zero-order valence-corrected chi connectivity index (χ0v) is 17.9. The molecule has 0 spiro atoms. The molecule has 2 aromatic rings. The maximum absolute atomic E-state index is 12.6. The molecule has 0 radical (unpaired) electrons. The Labute approximate surface area is 175 Å². The molecular formula is C22H27NO5S. The highest BCUT2D eigenvalue weighted by Gasteiger charge is 2.23. The summed E-state index contributed by atoms with van der Waals surface area (Å²) in [6.07, 6.45) is 5.86. The minimum Gasteiger partial charge on any atom is -0.497 e. The van der Waals surface area contributed by atoms with Gasteiger partial charge in [0.05, 0.1) is 19.9 Å². The summed E-state index contributed by atoms with van der Waals surface area (Å²) in [5.74, 6) is 0.194. The molecule has 0 bridgehead atoms. The molecule has 1 aliphatic rings. The average molecular weight is 418 g/mol. The average Bonchev–Trinajstić information content (AvgIpc) is 3.09. The highest BCUT2D eigenvalue weighted by molar-refractivity contribution is 7.14. The van der Waals surface area contributed by atoms with Crippen LogP contribution < -0.4 is 14.8 Å². The van der Waals surface area contributed by atoms with Crippen LogP contribution in [0.3, 0.4) is 0 Å². The van der Waals surface area contributed by atoms with E-state index in [0.717, 1.165) is 25.7 Å². The van der Waals surface area contributed by atoms with Crippen molar-refractivity contribution in [1.29, 1.82) is 0 Å². The summed E-state index contributed by atoms with van der Waals surface area (Å²) in [5.41, 5.74) is 1.71. The van der Waals surface area contributed by atoms with Crippen LogP contribution in [0, 0.1) is 0 Å². The van der Waals surface area contributed by atoms with E-state index in [9.17, 15) is 9.59 Å². The van der Waals surface area contributed by atoms with E-state index in [4.69, 9.17) is 14.2 Å². The second-order valence-corrected chi connectivity index (χ2v) is 8.21. The fourth-order valence-corrected chi connectivity index (χ4v) is 4.50. The van der Waals surface area contributed by atoms with Gasteiger partial charge in [-0.3, -0.25) is 4.79 Å². The van der Waals surface area contributed by atoms with E-state index in [1.54, 1.807) is 32.2 Å². The molecule has 1 heterocycles. The van der Waals surface area contributed by atoms with Gasteiger partial charge in [0.25, 0.3) is 5.91 Å². The normalized spacial score (nSPS) is 14.7. The molecule has 1 amide bonds. The highest BCUT2D eigenvalue weighted by Crippen LogP contribution is 2.30. The van der Waals surface area contributed by atoms with Crippen LogP contribution in [0.25, 0.3) is 0 Å². The van der Waals surface area contributed by atoms with Gasteiger partial charge in [-0.15, -0.1) is 11.3 Å². The molecule has 1 N–H and O–H groups in total. The number of benzene rings is 1. The topological polar surface area (TPSA) is 73.9 Å². The van der Waals surface area contributed by atoms with Crippen LogP contribution in [0.2, 0.25) is 0 Å². The van der Waals surface area contributed by atoms with Gasteiger partial charge >= 0.3 is 5.97 Å². The second-order valence-electron chi connectivity index (χ2n) is 7.08. The number of nitrogens with one attached hydrogen (secondary N) is 1. The van der Waals surface area contributed by atoms with Crippen molar-refractivity contribution in [2.24, 2.45) is 0 Å². The molecule has 29 heavy (non-hydrogen) atoms. The van der Waals surface area contributed by atoms with Crippen LogP contribution in [0.1, 0.15) is 52.7 Å². The van der Waals surface area contributed by atoms with Crippen molar-refractivity contribution < 1.29 is 23.8 Å². The molecule has 1 aromatic heterocycles. The number of thiophene rings is 1. The minimum absolute atomic E-state index is 0.431. The van der Waals surface area contributed by atoms with Gasteiger partial charge in [0.2, 0.25) is 0 Å². The molecular weight excluding hydrogens is 390 g/mol. The third-order valence-corrected chi connectivity index (χ3v) is 6.23. The zero-order chi connectivity index (χ0) is 20.8. The van der Waals surface area contributed by atoms with Crippen LogP contribution in [-0.2, 0) is 22.4 Å². The van der Waals surface area contributed by atoms with Crippen molar-refractivity contribution in [1.82, 2.24) is 0 Å². The largest absolute Gasteiger partial charge is 0.497 e. The van der Waals surface area contributed by atoms with Crippen LogP contribution in [0.15, 0.2) is 24.3 Å². The smallest absolute Gasteiger partial charge is 0.349 e. The van der Waals surface area contributed by atoms with Crippen molar-refractivity contribution in [3.05, 3.63) is 39.6 Å². The fourth-order valence-electron chi connectivity index (χ4n) is 3.36. The van der Waals surface area contributed by atoms with Crippen molar-refractivity contribution >= 4 is 28.9 Å². The van der Waals surface area contributed by atoms with Gasteiger partial charge in [0.1, 0.15) is 16.4 Å². The van der Waals surface area contributed by atoms with Gasteiger partial charge in [-0.1, -0.05) is 12.8 Å². The molecule has 0 fully saturated rings. The maximum atomic E-state index is 12.6. The number of aryl methyl sites for hydroxylation is 2. The van der Waals surface area contributed by atoms with Crippen LogP contribution in [0.4, 0.5) is 5.69 Å². The molecule has 1 atom stereocenters. The minimum atomic E-state index is -0.942. The number of methoxy groups -OCH3 is 2. The number of carbonyl (C=O) groups excluding carboxylic acids is 2. The Morgan fingerprint density at radius 1 is 1.03 bits per heavy atom. The molecule has 3 rings (SSSR count). The molecule has 1 unspecified atom stereocenters. The Morgan fingerprint density at radius 2 is 1.79 bits per heavy atom. The number of fused-ring (bicyclic) bond motifs is 1. The summed E-state index contributed by atoms with van der Waals surface area (Å²) in [7, 11) is 3.06. The van der Waals surface area contributed by atoms with Crippen LogP contribution in [0.5, 0.6) is 11.5 Å². The number of esters is 1. The number of carbonyl (C=O) groups is 2. The van der Waals surface area contributed by atoms with E-state index >= 15 is 0 Å². The Morgan fingerprint density at radius 3 is 2.52 bits per heavy atom. The molecule has 156 valence electrons. The first-order chi connectivity index (χ1) is 14.0. The molecule has 1 aromatic carbocycles. The molecule has 0 aliphatic heterocycles. The molecule has 0 saturated heterocycles. The van der Waals surface area contributed by atoms with E-state index < -0.39 is 18.0 Å². The summed E-state index contributed by atoms with van der Waals surface area (Å²) < 4.78 is 15.9. The lowest BCUT2D eigenvalue weighted by Gasteiger charge is -2.15. The monoisotopic (exact) mass is 417 g/mol. The predicted molar refractivity (Wildman–Crippen MR) is 113 cm³/mol. The second kappa shape index (κ2) is 9.78. The van der Waals surface area contributed by atoms with Crippen LogP contribution >= 0.6 is 11.3 Å². The quantitative estimate of drug-likeness (QED) is 0.695. The SMILES string of the molecule is COc1ccc(OC)c(NC(=O)C(C)OC(=O)c2cc3c(s2)CCCCCC3)c1. The number of anilines is 1. The van der Waals surface area contributed by atoms with Crippen molar-refractivity contribution in [2.75, 3.05) is 19.5 Å². The molecule has 0 saturated carbocycles. The number of amides is 1. The first kappa shape index (κ1) is 21.2. The standard InChI is InChI=1S/C22H27NO5S/c1-14(21(24)23-17-13-16(26-2)10-11-18(17)27-3)28-22(25)20-12-15-8-6-4-5-7-9-19(15)29-20/h10-14H,4-9H2,1-3H3,(H,23,24). The summed E-state index contributed by atoms with van der Waals surface area (Å²) >= 11 is 1.49. The summed E-state index contributed by atoms with van der Waals surface area (Å²) in [4.78, 5) is 27.0. The lowest BCUT2D eigenvalue weighted by molar-refractivity contribution is -0.123.